The Labute approximate surface area is 157 Å². The molecule has 0 saturated heterocycles. The molecular formula is C10H20CsNO4. The van der Waals surface area contributed by atoms with Crippen LogP contribution < -0.4 is 74.2 Å². The van der Waals surface area contributed by atoms with E-state index in [0.717, 1.165) is 0 Å². The van der Waals surface area contributed by atoms with Crippen molar-refractivity contribution >= 4 is 12.1 Å². The van der Waals surface area contributed by atoms with Gasteiger partial charge in [-0.15, -0.1) is 0 Å². The van der Waals surface area contributed by atoms with Crippen LogP contribution in [0.4, 0.5) is 4.79 Å². The number of amides is 1. The Kier molecular flexibility index (Phi) is 9.56. The van der Waals surface area contributed by atoms with Crippen LogP contribution in [0.5, 0.6) is 0 Å². The molecule has 5 nitrogen and oxygen atoms in total. The van der Waals surface area contributed by atoms with Crippen LogP contribution in [0.15, 0.2) is 0 Å². The summed E-state index contributed by atoms with van der Waals surface area (Å²) in [5.41, 5.74) is -0.621. The minimum absolute atomic E-state index is 0. The maximum absolute atomic E-state index is 11.3. The molecule has 0 spiro atoms. The number of ether oxygens (including phenoxy) is 1. The zero-order chi connectivity index (χ0) is 12.2. The minimum Gasteiger partial charge on any atom is -1.00 e. The first-order valence-electron chi connectivity index (χ1n) is 4.86. The van der Waals surface area contributed by atoms with E-state index in [4.69, 9.17) is 9.84 Å². The van der Waals surface area contributed by atoms with Crippen molar-refractivity contribution in [1.29, 1.82) is 0 Å². The van der Waals surface area contributed by atoms with Gasteiger partial charge in [0, 0.05) is 0 Å². The third-order valence-corrected chi connectivity index (χ3v) is 1.60. The molecule has 0 aromatic heterocycles. The summed E-state index contributed by atoms with van der Waals surface area (Å²) in [6.45, 7) is 8.60. The molecule has 0 aliphatic heterocycles. The van der Waals surface area contributed by atoms with Crippen molar-refractivity contribution in [2.45, 2.75) is 46.3 Å². The SMILES string of the molecule is CC(C)[C@H](NC(=O)OC(C)(C)C)C(=O)O.[Cs+].[H-]. The quantitative estimate of drug-likeness (QED) is 0.666. The Morgan fingerprint density at radius 3 is 2.00 bits per heavy atom. The predicted molar refractivity (Wildman–Crippen MR) is 56.7 cm³/mol. The number of carboxylic acid groups (broad SMARTS) is 1. The number of aliphatic carboxylic acids is 1. The third kappa shape index (κ3) is 8.89. The summed E-state index contributed by atoms with van der Waals surface area (Å²) in [5, 5.41) is 11.1. The van der Waals surface area contributed by atoms with Crippen molar-refractivity contribution in [2.75, 3.05) is 0 Å². The molecule has 2 N–H and O–H groups in total. The molecule has 1 amide bonds. The third-order valence-electron chi connectivity index (χ3n) is 1.60. The van der Waals surface area contributed by atoms with Gasteiger partial charge in [-0.05, 0) is 26.7 Å². The zero-order valence-corrected chi connectivity index (χ0v) is 17.1. The van der Waals surface area contributed by atoms with Crippen molar-refractivity contribution in [3.8, 4) is 0 Å². The van der Waals surface area contributed by atoms with Crippen LogP contribution in [0.3, 0.4) is 0 Å². The average molecular weight is 351 g/mol. The summed E-state index contributed by atoms with van der Waals surface area (Å²) in [7, 11) is 0. The van der Waals surface area contributed by atoms with Crippen molar-refractivity contribution in [1.82, 2.24) is 5.32 Å². The molecule has 0 unspecified atom stereocenters. The van der Waals surface area contributed by atoms with Crippen molar-refractivity contribution in [3.05, 3.63) is 0 Å². The first kappa shape index (κ1) is 19.1. The summed E-state index contributed by atoms with van der Waals surface area (Å²) >= 11 is 0. The van der Waals surface area contributed by atoms with Crippen LogP contribution in [0, 0.1) is 5.92 Å². The predicted octanol–water partition coefficient (Wildman–Crippen LogP) is -1.26. The van der Waals surface area contributed by atoms with E-state index in [9.17, 15) is 9.59 Å². The molecule has 0 radical (unpaired) electrons. The maximum Gasteiger partial charge on any atom is 1.00 e. The first-order chi connectivity index (χ1) is 6.63. The number of carboxylic acids is 1. The van der Waals surface area contributed by atoms with Gasteiger partial charge in [-0.25, -0.2) is 9.59 Å². The maximum atomic E-state index is 11.3. The minimum atomic E-state index is -1.06. The van der Waals surface area contributed by atoms with Gasteiger partial charge in [0.1, 0.15) is 11.6 Å². The summed E-state index contributed by atoms with van der Waals surface area (Å²) < 4.78 is 4.96. The number of nitrogens with one attached hydrogen (secondary N) is 1. The number of carbonyl (C=O) groups is 2. The number of hydrogen-bond donors (Lipinski definition) is 2. The van der Waals surface area contributed by atoms with Gasteiger partial charge in [0.05, 0.1) is 0 Å². The number of alkyl carbamates (subject to hydrolysis) is 1. The van der Waals surface area contributed by atoms with Crippen LogP contribution >= 0.6 is 0 Å². The average Bonchev–Trinajstić information content (AvgIpc) is 1.95. The van der Waals surface area contributed by atoms with Crippen molar-refractivity contribution < 1.29 is 89.8 Å². The molecule has 1 atom stereocenters. The van der Waals surface area contributed by atoms with E-state index in [1.165, 1.54) is 0 Å². The zero-order valence-electron chi connectivity index (χ0n) is 11.8. The standard InChI is InChI=1S/C10H19NO4.Cs.H/c1-6(2)7(8(12)13)11-9(14)15-10(3,4)5;;/h6-7H,1-5H3,(H,11,14)(H,12,13);;/q;+1;-1/t7-;;/m0../s1. The molecular weight excluding hydrogens is 331 g/mol. The van der Waals surface area contributed by atoms with E-state index in [2.05, 4.69) is 5.32 Å². The Balaban J connectivity index is -0.000000980. The van der Waals surface area contributed by atoms with Gasteiger partial charge in [-0.2, -0.15) is 0 Å². The molecule has 0 fully saturated rings. The molecule has 90 valence electrons. The first-order valence-corrected chi connectivity index (χ1v) is 4.86. The van der Waals surface area contributed by atoms with Crippen LogP contribution in [0.2, 0.25) is 0 Å². The molecule has 0 rings (SSSR count). The van der Waals surface area contributed by atoms with Gasteiger partial charge in [-0.3, -0.25) is 0 Å². The number of hydrogen-bond acceptors (Lipinski definition) is 3. The second-order valence-corrected chi connectivity index (χ2v) is 4.71. The van der Waals surface area contributed by atoms with Crippen LogP contribution in [-0.4, -0.2) is 28.8 Å². The van der Waals surface area contributed by atoms with E-state index in [1.807, 2.05) is 0 Å². The van der Waals surface area contributed by atoms with Crippen LogP contribution in [0.1, 0.15) is 36.0 Å². The molecule has 0 heterocycles. The van der Waals surface area contributed by atoms with Crippen molar-refractivity contribution in [2.24, 2.45) is 5.92 Å². The van der Waals surface area contributed by atoms with Gasteiger partial charge < -0.3 is 16.6 Å². The van der Waals surface area contributed by atoms with E-state index >= 15 is 0 Å². The van der Waals surface area contributed by atoms with Crippen molar-refractivity contribution in [3.63, 3.8) is 0 Å². The van der Waals surface area contributed by atoms with Crippen LogP contribution in [-0.2, 0) is 9.53 Å². The van der Waals surface area contributed by atoms with Gasteiger partial charge in [0.2, 0.25) is 0 Å². The fourth-order valence-electron chi connectivity index (χ4n) is 0.948. The Morgan fingerprint density at radius 1 is 1.31 bits per heavy atom. The molecule has 0 saturated carbocycles. The summed E-state index contributed by atoms with van der Waals surface area (Å²) in [5.74, 6) is -1.24. The van der Waals surface area contributed by atoms with Gasteiger partial charge in [0.25, 0.3) is 0 Å². The van der Waals surface area contributed by atoms with E-state index in [1.54, 1.807) is 34.6 Å². The molecule has 6 heteroatoms. The Morgan fingerprint density at radius 2 is 1.75 bits per heavy atom. The van der Waals surface area contributed by atoms with E-state index < -0.39 is 23.7 Å². The van der Waals surface area contributed by atoms with E-state index in [-0.39, 0.29) is 76.2 Å². The van der Waals surface area contributed by atoms with Gasteiger partial charge >= 0.3 is 81.0 Å². The molecule has 0 aromatic carbocycles. The Bertz CT molecular complexity index is 253. The second-order valence-electron chi connectivity index (χ2n) is 4.71. The molecule has 0 aliphatic rings. The topological polar surface area (TPSA) is 75.6 Å². The summed E-state index contributed by atoms with van der Waals surface area (Å²) in [6, 6.07) is -0.917. The molecule has 0 aliphatic carbocycles. The molecule has 0 aromatic rings. The Hall–Kier alpha value is 0.792. The van der Waals surface area contributed by atoms with Gasteiger partial charge in [-0.1, -0.05) is 13.8 Å². The molecule has 16 heavy (non-hydrogen) atoms. The van der Waals surface area contributed by atoms with Crippen LogP contribution in [0.25, 0.3) is 0 Å². The smallest absolute Gasteiger partial charge is 1.00 e. The number of carbonyl (C=O) groups excluding carboxylic acids is 1. The number of rotatable bonds is 3. The summed E-state index contributed by atoms with van der Waals surface area (Å²) in [4.78, 5) is 22.1. The van der Waals surface area contributed by atoms with Gasteiger partial charge in [0.15, 0.2) is 0 Å². The van der Waals surface area contributed by atoms with E-state index in [0.29, 0.717) is 0 Å². The fraction of sp³-hybridized carbons (Fsp3) is 0.800. The largest absolute Gasteiger partial charge is 1.00 e. The normalized spacial score (nSPS) is 12.6. The fourth-order valence-corrected chi connectivity index (χ4v) is 0.948. The second kappa shape index (κ2) is 7.99. The monoisotopic (exact) mass is 351 g/mol. The molecule has 0 bridgehead atoms. The summed E-state index contributed by atoms with van der Waals surface area (Å²) in [6.07, 6.45) is -0.705.